The first kappa shape index (κ1) is 19.6. The van der Waals surface area contributed by atoms with Gasteiger partial charge in [-0.1, -0.05) is 12.1 Å². The van der Waals surface area contributed by atoms with E-state index in [-0.39, 0.29) is 12.6 Å². The van der Waals surface area contributed by atoms with E-state index in [9.17, 15) is 5.26 Å². The Labute approximate surface area is 164 Å². The summed E-state index contributed by atoms with van der Waals surface area (Å²) >= 11 is 0. The van der Waals surface area contributed by atoms with Crippen molar-refractivity contribution in [2.45, 2.75) is 39.2 Å². The summed E-state index contributed by atoms with van der Waals surface area (Å²) < 4.78 is 2.00. The quantitative estimate of drug-likeness (QED) is 0.487. The van der Waals surface area contributed by atoms with Crippen LogP contribution in [0.3, 0.4) is 0 Å². The maximum Gasteiger partial charge on any atom is 0.226 e. The highest BCUT2D eigenvalue weighted by Gasteiger charge is 2.16. The third kappa shape index (κ3) is 4.38. The van der Waals surface area contributed by atoms with E-state index in [0.29, 0.717) is 28.5 Å². The van der Waals surface area contributed by atoms with Crippen LogP contribution >= 0.6 is 0 Å². The second-order valence-corrected chi connectivity index (χ2v) is 6.81. The predicted molar refractivity (Wildman–Crippen MR) is 110 cm³/mol. The number of anilines is 3. The van der Waals surface area contributed by atoms with Crippen LogP contribution in [0.2, 0.25) is 0 Å². The van der Waals surface area contributed by atoms with Crippen LogP contribution < -0.4 is 10.6 Å². The molecular formula is C20H25N7O. The van der Waals surface area contributed by atoms with Crippen LogP contribution in [-0.2, 0) is 0 Å². The highest BCUT2D eigenvalue weighted by molar-refractivity contribution is 5.87. The molecule has 0 amide bonds. The van der Waals surface area contributed by atoms with Gasteiger partial charge in [-0.05, 0) is 45.2 Å². The molecule has 0 aliphatic heterocycles. The van der Waals surface area contributed by atoms with Gasteiger partial charge in [-0.3, -0.25) is 0 Å². The number of aliphatic hydroxyl groups is 1. The summed E-state index contributed by atoms with van der Waals surface area (Å²) in [4.78, 5) is 13.7. The van der Waals surface area contributed by atoms with Crippen LogP contribution in [0.1, 0.15) is 44.7 Å². The van der Waals surface area contributed by atoms with Crippen molar-refractivity contribution < 1.29 is 5.11 Å². The molecule has 0 atom stereocenters. The summed E-state index contributed by atoms with van der Waals surface area (Å²) in [6, 6.07) is 9.69. The summed E-state index contributed by atoms with van der Waals surface area (Å²) in [6.45, 7) is 5.07. The van der Waals surface area contributed by atoms with E-state index in [4.69, 9.17) is 5.11 Å². The Hall–Kier alpha value is -3.18. The number of nitrogens with zero attached hydrogens (tertiary/aromatic N) is 5. The molecule has 1 aromatic carbocycles. The molecule has 0 fully saturated rings. The molecule has 0 unspecified atom stereocenters. The fraction of sp³-hybridized carbons (Fsp3) is 0.400. The van der Waals surface area contributed by atoms with Crippen molar-refractivity contribution in [1.82, 2.24) is 19.5 Å². The first-order chi connectivity index (χ1) is 13.6. The second kappa shape index (κ2) is 9.15. The van der Waals surface area contributed by atoms with Gasteiger partial charge >= 0.3 is 0 Å². The summed E-state index contributed by atoms with van der Waals surface area (Å²) in [5.74, 6) is 1.07. The van der Waals surface area contributed by atoms with Gasteiger partial charge in [-0.2, -0.15) is 15.2 Å². The molecule has 0 aliphatic rings. The maximum atomic E-state index is 9.36. The fourth-order valence-electron chi connectivity index (χ4n) is 2.89. The third-order valence-corrected chi connectivity index (χ3v) is 4.40. The van der Waals surface area contributed by atoms with Gasteiger partial charge < -0.3 is 20.3 Å². The lowest BCUT2D eigenvalue weighted by molar-refractivity contribution is 0.283. The molecule has 0 aliphatic carbocycles. The Morgan fingerprint density at radius 1 is 1.18 bits per heavy atom. The molecule has 3 N–H and O–H groups in total. The molecule has 0 radical (unpaired) electrons. The molecule has 0 saturated heterocycles. The number of imidazole rings is 1. The van der Waals surface area contributed by atoms with E-state index in [1.165, 1.54) is 0 Å². The lowest BCUT2D eigenvalue weighted by Crippen LogP contribution is -2.09. The summed E-state index contributed by atoms with van der Waals surface area (Å²) in [6.07, 6.45) is 4.41. The fourth-order valence-corrected chi connectivity index (χ4v) is 2.89. The third-order valence-electron chi connectivity index (χ3n) is 4.40. The van der Waals surface area contributed by atoms with E-state index in [2.05, 4.69) is 45.5 Å². The van der Waals surface area contributed by atoms with E-state index in [1.807, 2.05) is 22.8 Å². The summed E-state index contributed by atoms with van der Waals surface area (Å²) in [5.41, 5.74) is 2.61. The van der Waals surface area contributed by atoms with Gasteiger partial charge in [-0.25, -0.2) is 4.98 Å². The lowest BCUT2D eigenvalue weighted by atomic mass is 10.2. The molecule has 3 aromatic rings. The molecule has 0 spiro atoms. The maximum absolute atomic E-state index is 9.36. The minimum atomic E-state index is 0.205. The van der Waals surface area contributed by atoms with Crippen LogP contribution in [0.25, 0.3) is 11.2 Å². The van der Waals surface area contributed by atoms with E-state index in [1.54, 1.807) is 12.4 Å². The molecule has 146 valence electrons. The van der Waals surface area contributed by atoms with E-state index in [0.717, 1.165) is 31.5 Å². The summed E-state index contributed by atoms with van der Waals surface area (Å²) in [5, 5.41) is 24.8. The average molecular weight is 379 g/mol. The van der Waals surface area contributed by atoms with Gasteiger partial charge in [0.05, 0.1) is 17.6 Å². The minimum absolute atomic E-state index is 0.205. The number of para-hydroxylation sites is 1. The normalized spacial score (nSPS) is 11.0. The molecule has 0 saturated carbocycles. The monoisotopic (exact) mass is 379 g/mol. The first-order valence-electron chi connectivity index (χ1n) is 9.49. The Morgan fingerprint density at radius 2 is 2.00 bits per heavy atom. The van der Waals surface area contributed by atoms with Crippen molar-refractivity contribution in [2.24, 2.45) is 0 Å². The van der Waals surface area contributed by atoms with E-state index < -0.39 is 0 Å². The number of rotatable bonds is 9. The zero-order chi connectivity index (χ0) is 19.9. The predicted octanol–water partition coefficient (Wildman–Crippen LogP) is 3.60. The number of benzene rings is 1. The van der Waals surface area contributed by atoms with E-state index >= 15 is 0 Å². The number of fused-ring (bicyclic) bond motifs is 1. The van der Waals surface area contributed by atoms with Gasteiger partial charge in [0.15, 0.2) is 17.0 Å². The smallest absolute Gasteiger partial charge is 0.226 e. The molecule has 28 heavy (non-hydrogen) atoms. The average Bonchev–Trinajstić information content (AvgIpc) is 3.13. The molecular weight excluding hydrogens is 354 g/mol. The zero-order valence-electron chi connectivity index (χ0n) is 16.2. The number of unbranched alkanes of at least 4 members (excludes halogenated alkanes) is 2. The summed E-state index contributed by atoms with van der Waals surface area (Å²) in [7, 11) is 0. The van der Waals surface area contributed by atoms with Gasteiger partial charge in [0, 0.05) is 19.2 Å². The molecule has 8 nitrogen and oxygen atoms in total. The molecule has 3 rings (SSSR count). The lowest BCUT2D eigenvalue weighted by Gasteiger charge is -2.12. The largest absolute Gasteiger partial charge is 0.396 e. The van der Waals surface area contributed by atoms with Crippen molar-refractivity contribution in [3.8, 4) is 6.07 Å². The highest BCUT2D eigenvalue weighted by atomic mass is 16.2. The number of nitrogens with one attached hydrogen (secondary N) is 2. The van der Waals surface area contributed by atoms with Crippen LogP contribution in [0, 0.1) is 11.3 Å². The molecule has 2 heterocycles. The van der Waals surface area contributed by atoms with Crippen molar-refractivity contribution in [1.29, 1.82) is 5.26 Å². The van der Waals surface area contributed by atoms with Gasteiger partial charge in [-0.15, -0.1) is 0 Å². The second-order valence-electron chi connectivity index (χ2n) is 6.81. The topological polar surface area (TPSA) is 112 Å². The number of hydrogen-bond acceptors (Lipinski definition) is 7. The van der Waals surface area contributed by atoms with Gasteiger partial charge in [0.2, 0.25) is 5.95 Å². The SMILES string of the molecule is CC(C)n1cnc2c(Nc3ccccc3C#N)nc(NCCCCCO)nc21. The Balaban J connectivity index is 1.94. The van der Waals surface area contributed by atoms with Gasteiger partial charge in [0.25, 0.3) is 0 Å². The number of aliphatic hydroxyl groups excluding tert-OH is 1. The van der Waals surface area contributed by atoms with Crippen LogP contribution in [0.5, 0.6) is 0 Å². The van der Waals surface area contributed by atoms with Crippen molar-refractivity contribution in [2.75, 3.05) is 23.8 Å². The van der Waals surface area contributed by atoms with Crippen LogP contribution in [0.4, 0.5) is 17.5 Å². The van der Waals surface area contributed by atoms with Crippen molar-refractivity contribution in [3.05, 3.63) is 36.2 Å². The Kier molecular flexibility index (Phi) is 6.40. The molecule has 2 aromatic heterocycles. The van der Waals surface area contributed by atoms with Gasteiger partial charge in [0.1, 0.15) is 6.07 Å². The van der Waals surface area contributed by atoms with Crippen LogP contribution in [0.15, 0.2) is 30.6 Å². The zero-order valence-corrected chi connectivity index (χ0v) is 16.2. The first-order valence-corrected chi connectivity index (χ1v) is 9.49. The standard InChI is InChI=1S/C20H25N7O/c1-14(2)27-13-23-17-18(24-16-9-5-4-8-15(16)12-21)25-20(26-19(17)27)22-10-6-3-7-11-28/h4-5,8-9,13-14,28H,3,6-7,10-11H2,1-2H3,(H2,22,24,25,26). The van der Waals surface area contributed by atoms with Crippen molar-refractivity contribution in [3.63, 3.8) is 0 Å². The molecule has 0 bridgehead atoms. The highest BCUT2D eigenvalue weighted by Crippen LogP contribution is 2.27. The van der Waals surface area contributed by atoms with Crippen LogP contribution in [-0.4, -0.2) is 37.8 Å². The van der Waals surface area contributed by atoms with Crippen molar-refractivity contribution >= 4 is 28.6 Å². The Morgan fingerprint density at radius 3 is 2.75 bits per heavy atom. The number of aromatic nitrogens is 4. The number of nitriles is 1. The number of hydrogen-bond donors (Lipinski definition) is 3. The Bertz CT molecular complexity index is 974. The minimum Gasteiger partial charge on any atom is -0.396 e. The molecule has 8 heteroatoms.